The van der Waals surface area contributed by atoms with Crippen molar-refractivity contribution >= 4 is 21.8 Å². The number of hydrogen-bond acceptors (Lipinski definition) is 3. The molecule has 0 spiro atoms. The fraction of sp³-hybridized carbons (Fsp3) is 0.500. The van der Waals surface area contributed by atoms with Gasteiger partial charge >= 0.3 is 0 Å². The van der Waals surface area contributed by atoms with E-state index in [-0.39, 0.29) is 17.8 Å². The number of hydrogen-bond donors (Lipinski definition) is 1. The minimum Gasteiger partial charge on any atom is -0.378 e. The van der Waals surface area contributed by atoms with E-state index in [4.69, 9.17) is 4.74 Å². The molecule has 20 heavy (non-hydrogen) atoms. The predicted octanol–water partition coefficient (Wildman–Crippen LogP) is 1.93. The van der Waals surface area contributed by atoms with E-state index >= 15 is 0 Å². The minimum atomic E-state index is -0.314. The molecule has 0 bridgehead atoms. The molecular formula is C14H18BrFN2O2. The van der Waals surface area contributed by atoms with Crippen molar-refractivity contribution in [3.63, 3.8) is 0 Å². The summed E-state index contributed by atoms with van der Waals surface area (Å²) in [7, 11) is 0. The molecule has 0 radical (unpaired) electrons. The first-order valence-electron chi connectivity index (χ1n) is 6.64. The lowest BCUT2D eigenvalue weighted by Crippen LogP contribution is -2.53. The maximum atomic E-state index is 13.4. The maximum Gasteiger partial charge on any atom is 0.239 e. The first-order valence-corrected chi connectivity index (χ1v) is 7.44. The molecule has 1 aromatic rings. The number of ether oxygens (including phenoxy) is 1. The van der Waals surface area contributed by atoms with Crippen molar-refractivity contribution in [3.8, 4) is 0 Å². The highest BCUT2D eigenvalue weighted by Gasteiger charge is 2.29. The van der Waals surface area contributed by atoms with E-state index in [1.807, 2.05) is 17.9 Å². The third-order valence-electron chi connectivity index (χ3n) is 3.20. The van der Waals surface area contributed by atoms with Gasteiger partial charge in [-0.15, -0.1) is 0 Å². The van der Waals surface area contributed by atoms with Gasteiger partial charge < -0.3 is 10.1 Å². The van der Waals surface area contributed by atoms with Gasteiger partial charge in [-0.25, -0.2) is 4.39 Å². The molecule has 0 aromatic heterocycles. The average Bonchev–Trinajstić information content (AvgIpc) is 2.38. The van der Waals surface area contributed by atoms with Gasteiger partial charge in [-0.1, -0.05) is 15.9 Å². The Labute approximate surface area is 126 Å². The lowest BCUT2D eigenvalue weighted by molar-refractivity contribution is -0.132. The van der Waals surface area contributed by atoms with E-state index in [2.05, 4.69) is 21.2 Å². The van der Waals surface area contributed by atoms with Crippen LogP contribution in [-0.2, 0) is 16.1 Å². The number of morpholine rings is 1. The van der Waals surface area contributed by atoms with Crippen molar-refractivity contribution in [2.75, 3.05) is 26.3 Å². The number of nitrogens with one attached hydrogen (secondary N) is 1. The first-order chi connectivity index (χ1) is 9.60. The van der Waals surface area contributed by atoms with Crippen LogP contribution in [0.3, 0.4) is 0 Å². The van der Waals surface area contributed by atoms with Gasteiger partial charge in [-0.2, -0.15) is 0 Å². The van der Waals surface area contributed by atoms with E-state index in [0.29, 0.717) is 37.3 Å². The molecule has 1 saturated heterocycles. The average molecular weight is 345 g/mol. The van der Waals surface area contributed by atoms with Crippen molar-refractivity contribution in [1.82, 2.24) is 10.2 Å². The van der Waals surface area contributed by atoms with Crippen LogP contribution in [0.25, 0.3) is 0 Å². The SMILES string of the molecule is CCNC(=O)C1COCCN1Cc1cc(F)cc(Br)c1. The largest absolute Gasteiger partial charge is 0.378 e. The van der Waals surface area contributed by atoms with Crippen LogP contribution in [0.15, 0.2) is 22.7 Å². The number of amides is 1. The molecule has 1 aromatic carbocycles. The molecule has 1 heterocycles. The number of likely N-dealkylation sites (N-methyl/N-ethyl adjacent to an activating group) is 1. The fourth-order valence-corrected chi connectivity index (χ4v) is 2.81. The minimum absolute atomic E-state index is 0.0392. The van der Waals surface area contributed by atoms with Gasteiger partial charge in [0.2, 0.25) is 5.91 Å². The normalized spacial score (nSPS) is 19.9. The number of nitrogens with zero attached hydrogens (tertiary/aromatic N) is 1. The number of carbonyl (C=O) groups is 1. The highest BCUT2D eigenvalue weighted by molar-refractivity contribution is 9.10. The molecule has 1 aliphatic heterocycles. The van der Waals surface area contributed by atoms with Crippen molar-refractivity contribution in [2.24, 2.45) is 0 Å². The Morgan fingerprint density at radius 3 is 3.05 bits per heavy atom. The van der Waals surface area contributed by atoms with Crippen molar-refractivity contribution in [1.29, 1.82) is 0 Å². The third-order valence-corrected chi connectivity index (χ3v) is 3.66. The van der Waals surface area contributed by atoms with Gasteiger partial charge in [-0.3, -0.25) is 9.69 Å². The summed E-state index contributed by atoms with van der Waals surface area (Å²) in [5, 5.41) is 2.81. The van der Waals surface area contributed by atoms with E-state index in [1.54, 1.807) is 0 Å². The molecule has 0 aliphatic carbocycles. The van der Waals surface area contributed by atoms with E-state index in [1.165, 1.54) is 12.1 Å². The van der Waals surface area contributed by atoms with Gasteiger partial charge in [0, 0.05) is 24.1 Å². The summed E-state index contributed by atoms with van der Waals surface area (Å²) < 4.78 is 19.5. The second kappa shape index (κ2) is 7.15. The van der Waals surface area contributed by atoms with Crippen LogP contribution in [0.4, 0.5) is 4.39 Å². The molecule has 1 N–H and O–H groups in total. The van der Waals surface area contributed by atoms with Crippen LogP contribution in [0.5, 0.6) is 0 Å². The number of benzene rings is 1. The molecule has 1 fully saturated rings. The van der Waals surface area contributed by atoms with E-state index in [9.17, 15) is 9.18 Å². The lowest BCUT2D eigenvalue weighted by atomic mass is 10.1. The monoisotopic (exact) mass is 344 g/mol. The Kier molecular flexibility index (Phi) is 5.51. The lowest BCUT2D eigenvalue weighted by Gasteiger charge is -2.34. The zero-order chi connectivity index (χ0) is 14.5. The standard InChI is InChI=1S/C14H18BrFN2O2/c1-2-17-14(19)13-9-20-4-3-18(13)8-10-5-11(15)7-12(16)6-10/h5-7,13H,2-4,8-9H2,1H3,(H,17,19). The number of rotatable bonds is 4. The topological polar surface area (TPSA) is 41.6 Å². The summed E-state index contributed by atoms with van der Waals surface area (Å²) in [5.41, 5.74) is 0.841. The Bertz CT molecular complexity index is 464. The third kappa shape index (κ3) is 4.01. The van der Waals surface area contributed by atoms with E-state index < -0.39 is 0 Å². The zero-order valence-corrected chi connectivity index (χ0v) is 13.0. The molecule has 1 atom stereocenters. The number of carbonyl (C=O) groups excluding carboxylic acids is 1. The van der Waals surface area contributed by atoms with Crippen LogP contribution in [-0.4, -0.2) is 43.2 Å². The smallest absolute Gasteiger partial charge is 0.239 e. The molecule has 4 nitrogen and oxygen atoms in total. The Morgan fingerprint density at radius 1 is 1.55 bits per heavy atom. The highest BCUT2D eigenvalue weighted by Crippen LogP contribution is 2.18. The molecule has 1 unspecified atom stereocenters. The predicted molar refractivity (Wildman–Crippen MR) is 77.8 cm³/mol. The van der Waals surface area contributed by atoms with Crippen molar-refractivity contribution in [2.45, 2.75) is 19.5 Å². The zero-order valence-electron chi connectivity index (χ0n) is 11.4. The van der Waals surface area contributed by atoms with Crippen LogP contribution >= 0.6 is 15.9 Å². The van der Waals surface area contributed by atoms with Gasteiger partial charge in [-0.05, 0) is 30.7 Å². The molecular weight excluding hydrogens is 327 g/mol. The van der Waals surface area contributed by atoms with Crippen LogP contribution in [0.2, 0.25) is 0 Å². The van der Waals surface area contributed by atoms with Crippen molar-refractivity contribution < 1.29 is 13.9 Å². The Morgan fingerprint density at radius 2 is 2.35 bits per heavy atom. The summed E-state index contributed by atoms with van der Waals surface area (Å²) in [6.07, 6.45) is 0. The Balaban J connectivity index is 2.10. The summed E-state index contributed by atoms with van der Waals surface area (Å²) in [5.74, 6) is -0.320. The molecule has 110 valence electrons. The quantitative estimate of drug-likeness (QED) is 0.907. The summed E-state index contributed by atoms with van der Waals surface area (Å²) in [6.45, 7) is 4.64. The van der Waals surface area contributed by atoms with Crippen molar-refractivity contribution in [3.05, 3.63) is 34.1 Å². The maximum absolute atomic E-state index is 13.4. The van der Waals surface area contributed by atoms with Gasteiger partial charge in [0.05, 0.1) is 13.2 Å². The second-order valence-electron chi connectivity index (χ2n) is 4.73. The van der Waals surface area contributed by atoms with Gasteiger partial charge in [0.1, 0.15) is 11.9 Å². The second-order valence-corrected chi connectivity index (χ2v) is 5.65. The van der Waals surface area contributed by atoms with E-state index in [0.717, 1.165) is 5.56 Å². The highest BCUT2D eigenvalue weighted by atomic mass is 79.9. The summed E-state index contributed by atoms with van der Waals surface area (Å²) >= 11 is 3.28. The summed E-state index contributed by atoms with van der Waals surface area (Å²) in [4.78, 5) is 14.0. The molecule has 6 heteroatoms. The molecule has 1 amide bonds. The summed E-state index contributed by atoms with van der Waals surface area (Å²) in [6, 6.07) is 4.47. The fourth-order valence-electron chi connectivity index (χ4n) is 2.30. The van der Waals surface area contributed by atoms with Crippen LogP contribution in [0.1, 0.15) is 12.5 Å². The van der Waals surface area contributed by atoms with Gasteiger partial charge in [0.25, 0.3) is 0 Å². The van der Waals surface area contributed by atoms with Gasteiger partial charge in [0.15, 0.2) is 0 Å². The first kappa shape index (κ1) is 15.4. The molecule has 0 saturated carbocycles. The van der Waals surface area contributed by atoms with Crippen LogP contribution < -0.4 is 5.32 Å². The Hall–Kier alpha value is -0.980. The number of halogens is 2. The molecule has 2 rings (SSSR count). The molecule has 1 aliphatic rings. The van der Waals surface area contributed by atoms with Crippen LogP contribution in [0, 0.1) is 5.82 Å².